The molecule has 8 nitrogen and oxygen atoms in total. The molecule has 0 unspecified atom stereocenters. The summed E-state index contributed by atoms with van der Waals surface area (Å²) in [5, 5.41) is 9.72. The zero-order chi connectivity index (χ0) is 20.8. The number of rotatable bonds is 15. The van der Waals surface area contributed by atoms with Crippen LogP contribution in [0.25, 0.3) is 0 Å². The second kappa shape index (κ2) is 13.2. The molecule has 0 saturated heterocycles. The van der Waals surface area contributed by atoms with E-state index in [1.165, 1.54) is 13.8 Å². The topological polar surface area (TPSA) is 101 Å². The fourth-order valence-corrected chi connectivity index (χ4v) is 2.05. The number of Topliss-reactive ketones (excluding diaryl/α,β-unsaturated/α-hetero) is 1. The number of hydrogen-bond acceptors (Lipinski definition) is 8. The Labute approximate surface area is 165 Å². The lowest BCUT2D eigenvalue weighted by molar-refractivity contribution is -0.150. The number of esters is 1. The lowest BCUT2D eigenvalue weighted by Gasteiger charge is -2.15. The Hall–Kier alpha value is -2.00. The van der Waals surface area contributed by atoms with E-state index in [1.807, 2.05) is 6.92 Å². The molecule has 8 heteroatoms. The second-order valence-electron chi connectivity index (χ2n) is 6.34. The highest BCUT2D eigenvalue weighted by molar-refractivity contribution is 6.01. The summed E-state index contributed by atoms with van der Waals surface area (Å²) in [7, 11) is 0. The largest absolute Gasteiger partial charge is 0.490 e. The van der Waals surface area contributed by atoms with E-state index in [1.54, 1.807) is 24.3 Å². The van der Waals surface area contributed by atoms with Crippen molar-refractivity contribution in [3.63, 3.8) is 0 Å². The molecule has 0 aliphatic rings. The standard InChI is InChI=1S/C20H30O8/c1-4-24-9-10-25-11-12-26-15-18(21)28-14-13-27-17-7-5-16(6-8-17)19(22)20(2,3)23/h5-8,23H,4,9-15H2,1-3H3. The van der Waals surface area contributed by atoms with Gasteiger partial charge in [-0.1, -0.05) is 0 Å². The van der Waals surface area contributed by atoms with Crippen LogP contribution in [0.2, 0.25) is 0 Å². The quantitative estimate of drug-likeness (QED) is 0.270. The minimum Gasteiger partial charge on any atom is -0.490 e. The van der Waals surface area contributed by atoms with Gasteiger partial charge in [0, 0.05) is 12.2 Å². The summed E-state index contributed by atoms with van der Waals surface area (Å²) in [6.07, 6.45) is 0. The summed E-state index contributed by atoms with van der Waals surface area (Å²) < 4.78 is 26.0. The molecule has 1 aromatic rings. The van der Waals surface area contributed by atoms with Crippen molar-refractivity contribution in [1.82, 2.24) is 0 Å². The molecule has 0 bridgehead atoms. The normalized spacial score (nSPS) is 11.3. The molecule has 0 fully saturated rings. The smallest absolute Gasteiger partial charge is 0.332 e. The first-order chi connectivity index (χ1) is 13.3. The third kappa shape index (κ3) is 10.4. The van der Waals surface area contributed by atoms with Crippen molar-refractivity contribution < 1.29 is 38.4 Å². The molecule has 0 radical (unpaired) electrons. The Morgan fingerprint density at radius 3 is 2.11 bits per heavy atom. The van der Waals surface area contributed by atoms with Crippen LogP contribution in [0.3, 0.4) is 0 Å². The molecule has 0 aliphatic heterocycles. The minimum atomic E-state index is -1.42. The molecule has 0 amide bonds. The predicted molar refractivity (Wildman–Crippen MR) is 102 cm³/mol. The zero-order valence-electron chi connectivity index (χ0n) is 16.8. The molecule has 1 N–H and O–H groups in total. The molecule has 0 heterocycles. The van der Waals surface area contributed by atoms with Gasteiger partial charge in [-0.25, -0.2) is 4.79 Å². The van der Waals surface area contributed by atoms with Gasteiger partial charge in [-0.15, -0.1) is 0 Å². The molecule has 0 aliphatic carbocycles. The van der Waals surface area contributed by atoms with Crippen LogP contribution in [0, 0.1) is 0 Å². The number of ketones is 1. The van der Waals surface area contributed by atoms with Crippen LogP contribution in [0.15, 0.2) is 24.3 Å². The summed E-state index contributed by atoms with van der Waals surface area (Å²) in [4.78, 5) is 23.4. The molecule has 158 valence electrons. The molecule has 0 aromatic heterocycles. The molecule has 1 rings (SSSR count). The Morgan fingerprint density at radius 2 is 1.50 bits per heavy atom. The third-order valence-corrected chi connectivity index (χ3v) is 3.46. The van der Waals surface area contributed by atoms with Gasteiger partial charge < -0.3 is 28.8 Å². The Morgan fingerprint density at radius 1 is 0.893 bits per heavy atom. The van der Waals surface area contributed by atoms with Crippen molar-refractivity contribution in [2.24, 2.45) is 0 Å². The maximum atomic E-state index is 11.9. The minimum absolute atomic E-state index is 0.0808. The van der Waals surface area contributed by atoms with Crippen molar-refractivity contribution in [2.75, 3.05) is 52.9 Å². The van der Waals surface area contributed by atoms with Gasteiger partial charge in [0.2, 0.25) is 0 Å². The summed E-state index contributed by atoms with van der Waals surface area (Å²) in [5.74, 6) is -0.319. The van der Waals surface area contributed by atoms with Gasteiger partial charge in [0.15, 0.2) is 5.78 Å². The van der Waals surface area contributed by atoms with E-state index in [0.717, 1.165) is 0 Å². The maximum Gasteiger partial charge on any atom is 0.332 e. The highest BCUT2D eigenvalue weighted by Gasteiger charge is 2.24. The van der Waals surface area contributed by atoms with E-state index in [0.29, 0.717) is 44.3 Å². The van der Waals surface area contributed by atoms with Crippen LogP contribution in [-0.2, 0) is 23.7 Å². The van der Waals surface area contributed by atoms with E-state index in [9.17, 15) is 14.7 Å². The second-order valence-corrected chi connectivity index (χ2v) is 6.34. The highest BCUT2D eigenvalue weighted by atomic mass is 16.6. The summed E-state index contributed by atoms with van der Waals surface area (Å²) in [6.45, 7) is 7.26. The van der Waals surface area contributed by atoms with E-state index in [2.05, 4.69) is 0 Å². The van der Waals surface area contributed by atoms with E-state index >= 15 is 0 Å². The molecule has 0 saturated carbocycles. The van der Waals surface area contributed by atoms with Gasteiger partial charge in [-0.3, -0.25) is 4.79 Å². The van der Waals surface area contributed by atoms with Gasteiger partial charge >= 0.3 is 5.97 Å². The van der Waals surface area contributed by atoms with Crippen LogP contribution >= 0.6 is 0 Å². The maximum absolute atomic E-state index is 11.9. The Balaban J connectivity index is 2.10. The lowest BCUT2D eigenvalue weighted by Crippen LogP contribution is -2.30. The van der Waals surface area contributed by atoms with Gasteiger partial charge in [-0.05, 0) is 45.0 Å². The van der Waals surface area contributed by atoms with E-state index in [4.69, 9.17) is 23.7 Å². The van der Waals surface area contributed by atoms with Crippen molar-refractivity contribution in [3.05, 3.63) is 29.8 Å². The number of benzene rings is 1. The van der Waals surface area contributed by atoms with Gasteiger partial charge in [0.1, 0.15) is 31.2 Å². The van der Waals surface area contributed by atoms with Crippen LogP contribution in [0.4, 0.5) is 0 Å². The summed E-state index contributed by atoms with van der Waals surface area (Å²) in [6, 6.07) is 6.39. The first-order valence-electron chi connectivity index (χ1n) is 9.23. The predicted octanol–water partition coefficient (Wildman–Crippen LogP) is 1.63. The van der Waals surface area contributed by atoms with Gasteiger partial charge in [-0.2, -0.15) is 0 Å². The third-order valence-electron chi connectivity index (χ3n) is 3.46. The van der Waals surface area contributed by atoms with Crippen molar-refractivity contribution in [3.8, 4) is 5.75 Å². The Bertz CT molecular complexity index is 577. The van der Waals surface area contributed by atoms with E-state index < -0.39 is 11.6 Å². The van der Waals surface area contributed by atoms with E-state index in [-0.39, 0.29) is 25.6 Å². The van der Waals surface area contributed by atoms with Crippen LogP contribution in [0.5, 0.6) is 5.75 Å². The number of carbonyl (C=O) groups excluding carboxylic acids is 2. The molecule has 28 heavy (non-hydrogen) atoms. The summed E-state index contributed by atoms with van der Waals surface area (Å²) in [5.41, 5.74) is -1.03. The van der Waals surface area contributed by atoms with Crippen molar-refractivity contribution >= 4 is 11.8 Å². The highest BCUT2D eigenvalue weighted by Crippen LogP contribution is 2.17. The average Bonchev–Trinajstić information content (AvgIpc) is 2.66. The Kier molecular flexibility index (Phi) is 11.4. The van der Waals surface area contributed by atoms with Crippen molar-refractivity contribution in [1.29, 1.82) is 0 Å². The molecular formula is C20H30O8. The zero-order valence-corrected chi connectivity index (χ0v) is 16.8. The molecule has 0 atom stereocenters. The first-order valence-corrected chi connectivity index (χ1v) is 9.23. The number of hydrogen-bond donors (Lipinski definition) is 1. The first kappa shape index (κ1) is 24.0. The molecule has 0 spiro atoms. The number of ether oxygens (including phenoxy) is 5. The fourth-order valence-electron chi connectivity index (χ4n) is 2.05. The SMILES string of the molecule is CCOCCOCCOCC(=O)OCCOc1ccc(C(=O)C(C)(C)O)cc1. The fraction of sp³-hybridized carbons (Fsp3) is 0.600. The monoisotopic (exact) mass is 398 g/mol. The molecular weight excluding hydrogens is 368 g/mol. The number of carbonyl (C=O) groups is 2. The summed E-state index contributed by atoms with van der Waals surface area (Å²) >= 11 is 0. The van der Waals surface area contributed by atoms with Crippen LogP contribution in [0.1, 0.15) is 31.1 Å². The number of aliphatic hydroxyl groups is 1. The van der Waals surface area contributed by atoms with Crippen molar-refractivity contribution in [2.45, 2.75) is 26.4 Å². The average molecular weight is 398 g/mol. The van der Waals surface area contributed by atoms with Gasteiger partial charge in [0.25, 0.3) is 0 Å². The molecule has 1 aromatic carbocycles. The van der Waals surface area contributed by atoms with Crippen LogP contribution < -0.4 is 4.74 Å². The van der Waals surface area contributed by atoms with Gasteiger partial charge in [0.05, 0.1) is 26.4 Å². The van der Waals surface area contributed by atoms with Crippen LogP contribution in [-0.4, -0.2) is 75.3 Å². The lowest BCUT2D eigenvalue weighted by atomic mass is 9.97.